The molecule has 7 nitrogen and oxygen atoms in total. The Morgan fingerprint density at radius 2 is 2.08 bits per heavy atom. The van der Waals surface area contributed by atoms with E-state index in [2.05, 4.69) is 20.3 Å². The number of nitrogens with zero attached hydrogens (tertiary/aromatic N) is 4. The molecule has 1 N–H and O–H groups in total. The van der Waals surface area contributed by atoms with Crippen molar-refractivity contribution in [1.29, 1.82) is 0 Å². The highest BCUT2D eigenvalue weighted by atomic mass is 35.5. The summed E-state index contributed by atoms with van der Waals surface area (Å²) in [5.74, 6) is 0.253. The third-order valence-electron chi connectivity index (χ3n) is 3.95. The van der Waals surface area contributed by atoms with Crippen LogP contribution in [0.1, 0.15) is 12.8 Å². The Bertz CT molecular complexity index is 768. The van der Waals surface area contributed by atoms with Crippen LogP contribution in [-0.2, 0) is 4.74 Å². The van der Waals surface area contributed by atoms with Gasteiger partial charge in [-0.25, -0.2) is 9.18 Å². The van der Waals surface area contributed by atoms with Crippen molar-refractivity contribution in [3.05, 3.63) is 35.4 Å². The van der Waals surface area contributed by atoms with Crippen molar-refractivity contribution in [3.63, 3.8) is 0 Å². The van der Waals surface area contributed by atoms with E-state index in [4.69, 9.17) is 16.3 Å². The molecule has 132 valence electrons. The largest absolute Gasteiger partial charge is 0.453 e. The Balaban J connectivity index is 1.70. The van der Waals surface area contributed by atoms with Gasteiger partial charge in [0.15, 0.2) is 5.82 Å². The molecular weight excluding hydrogens is 349 g/mol. The van der Waals surface area contributed by atoms with Crippen LogP contribution in [0.3, 0.4) is 0 Å². The van der Waals surface area contributed by atoms with Gasteiger partial charge in [0.05, 0.1) is 7.11 Å². The highest BCUT2D eigenvalue weighted by Crippen LogP contribution is 2.21. The molecule has 1 saturated heterocycles. The van der Waals surface area contributed by atoms with Gasteiger partial charge in [0, 0.05) is 24.7 Å². The zero-order valence-electron chi connectivity index (χ0n) is 13.6. The number of anilines is 1. The van der Waals surface area contributed by atoms with Crippen LogP contribution in [0.5, 0.6) is 0 Å². The zero-order chi connectivity index (χ0) is 17.8. The summed E-state index contributed by atoms with van der Waals surface area (Å²) in [6.07, 6.45) is 1.14. The number of ether oxygens (including phenoxy) is 1. The van der Waals surface area contributed by atoms with Crippen molar-refractivity contribution >= 4 is 23.6 Å². The Hall–Kier alpha value is -2.48. The SMILES string of the molecule is COC(=O)N1CCC(Nc2nc(Cl)nc(-c3cccc(F)c3)n2)CC1. The van der Waals surface area contributed by atoms with Gasteiger partial charge in [-0.15, -0.1) is 0 Å². The first kappa shape index (κ1) is 17.3. The summed E-state index contributed by atoms with van der Waals surface area (Å²) < 4.78 is 18.1. The third kappa shape index (κ3) is 4.33. The molecule has 1 amide bonds. The van der Waals surface area contributed by atoms with Crippen LogP contribution in [0.15, 0.2) is 24.3 Å². The summed E-state index contributed by atoms with van der Waals surface area (Å²) in [6, 6.07) is 6.07. The molecule has 9 heteroatoms. The van der Waals surface area contributed by atoms with E-state index in [1.165, 1.54) is 19.2 Å². The number of amides is 1. The number of methoxy groups -OCH3 is 1. The van der Waals surface area contributed by atoms with E-state index in [0.29, 0.717) is 30.4 Å². The Morgan fingerprint density at radius 3 is 2.76 bits per heavy atom. The number of carbonyl (C=O) groups is 1. The highest BCUT2D eigenvalue weighted by Gasteiger charge is 2.24. The van der Waals surface area contributed by atoms with Crippen LogP contribution < -0.4 is 5.32 Å². The molecule has 0 saturated carbocycles. The summed E-state index contributed by atoms with van der Waals surface area (Å²) in [5, 5.41) is 3.24. The molecule has 0 atom stereocenters. The van der Waals surface area contributed by atoms with E-state index in [1.807, 2.05) is 0 Å². The lowest BCUT2D eigenvalue weighted by Gasteiger charge is -2.31. The topological polar surface area (TPSA) is 80.2 Å². The fourth-order valence-corrected chi connectivity index (χ4v) is 2.85. The molecule has 0 aliphatic carbocycles. The monoisotopic (exact) mass is 365 g/mol. The van der Waals surface area contributed by atoms with Gasteiger partial charge >= 0.3 is 6.09 Å². The molecule has 1 aliphatic heterocycles. The van der Waals surface area contributed by atoms with Crippen molar-refractivity contribution in [1.82, 2.24) is 19.9 Å². The van der Waals surface area contributed by atoms with Gasteiger partial charge < -0.3 is 15.0 Å². The van der Waals surface area contributed by atoms with E-state index in [1.54, 1.807) is 17.0 Å². The van der Waals surface area contributed by atoms with Crippen molar-refractivity contribution < 1.29 is 13.9 Å². The average molecular weight is 366 g/mol. The number of rotatable bonds is 3. The first-order chi connectivity index (χ1) is 12.0. The van der Waals surface area contributed by atoms with Crippen LogP contribution in [-0.4, -0.2) is 52.2 Å². The molecule has 1 aromatic carbocycles. The van der Waals surface area contributed by atoms with Crippen LogP contribution in [0.4, 0.5) is 15.1 Å². The molecular formula is C16H17ClFN5O2. The number of aromatic nitrogens is 3. The fraction of sp³-hybridized carbons (Fsp3) is 0.375. The van der Waals surface area contributed by atoms with Gasteiger partial charge in [-0.05, 0) is 36.6 Å². The molecule has 1 aromatic heterocycles. The molecule has 0 spiro atoms. The average Bonchev–Trinajstić information content (AvgIpc) is 2.61. The summed E-state index contributed by atoms with van der Waals surface area (Å²) in [4.78, 5) is 25.6. The lowest BCUT2D eigenvalue weighted by Crippen LogP contribution is -2.42. The maximum absolute atomic E-state index is 13.4. The summed E-state index contributed by atoms with van der Waals surface area (Å²) in [6.45, 7) is 1.17. The van der Waals surface area contributed by atoms with Gasteiger partial charge in [-0.3, -0.25) is 0 Å². The molecule has 3 rings (SSSR count). The molecule has 25 heavy (non-hydrogen) atoms. The van der Waals surface area contributed by atoms with Crippen molar-refractivity contribution in [2.75, 3.05) is 25.5 Å². The van der Waals surface area contributed by atoms with E-state index < -0.39 is 0 Å². The normalized spacial score (nSPS) is 15.1. The van der Waals surface area contributed by atoms with Gasteiger partial charge in [0.1, 0.15) is 5.82 Å². The molecule has 1 fully saturated rings. The van der Waals surface area contributed by atoms with Gasteiger partial charge in [0.2, 0.25) is 11.2 Å². The summed E-state index contributed by atoms with van der Waals surface area (Å²) in [5.41, 5.74) is 0.521. The van der Waals surface area contributed by atoms with Gasteiger partial charge in [-0.2, -0.15) is 15.0 Å². The van der Waals surface area contributed by atoms with Crippen LogP contribution in [0, 0.1) is 5.82 Å². The standard InChI is InChI=1S/C16H17ClFN5O2/c1-25-16(24)23-7-5-12(6-8-23)19-15-21-13(20-14(17)22-15)10-3-2-4-11(18)9-10/h2-4,9,12H,5-8H2,1H3,(H,19,20,21,22). The van der Waals surface area contributed by atoms with Crippen molar-refractivity contribution in [2.45, 2.75) is 18.9 Å². The minimum Gasteiger partial charge on any atom is -0.453 e. The van der Waals surface area contributed by atoms with Crippen LogP contribution in [0.25, 0.3) is 11.4 Å². The molecule has 1 aliphatic rings. The number of piperidine rings is 1. The number of hydrogen-bond acceptors (Lipinski definition) is 6. The minimum atomic E-state index is -0.376. The maximum atomic E-state index is 13.4. The van der Waals surface area contributed by atoms with Crippen molar-refractivity contribution in [2.24, 2.45) is 0 Å². The number of carbonyl (C=O) groups excluding carboxylic acids is 1. The van der Waals surface area contributed by atoms with E-state index in [0.717, 1.165) is 12.8 Å². The number of halogens is 2. The summed E-state index contributed by atoms with van der Waals surface area (Å²) in [7, 11) is 1.37. The third-order valence-corrected chi connectivity index (χ3v) is 4.12. The highest BCUT2D eigenvalue weighted by molar-refractivity contribution is 6.28. The molecule has 0 bridgehead atoms. The van der Waals surface area contributed by atoms with Crippen molar-refractivity contribution in [3.8, 4) is 11.4 Å². The molecule has 2 aromatic rings. The van der Waals surface area contributed by atoms with Gasteiger partial charge in [0.25, 0.3) is 0 Å². The maximum Gasteiger partial charge on any atom is 0.409 e. The predicted octanol–water partition coefficient (Wildman–Crippen LogP) is 2.97. The summed E-state index contributed by atoms with van der Waals surface area (Å²) >= 11 is 5.98. The first-order valence-corrected chi connectivity index (χ1v) is 8.20. The Kier molecular flexibility index (Phi) is 5.28. The Labute approximate surface area is 149 Å². The number of nitrogens with one attached hydrogen (secondary N) is 1. The van der Waals surface area contributed by atoms with Gasteiger partial charge in [-0.1, -0.05) is 12.1 Å². The van der Waals surface area contributed by atoms with Crippen LogP contribution in [0.2, 0.25) is 5.28 Å². The minimum absolute atomic E-state index is 0.0313. The van der Waals surface area contributed by atoms with E-state index >= 15 is 0 Å². The number of likely N-dealkylation sites (tertiary alicyclic amines) is 1. The fourth-order valence-electron chi connectivity index (χ4n) is 2.69. The lowest BCUT2D eigenvalue weighted by molar-refractivity contribution is 0.113. The quantitative estimate of drug-likeness (QED) is 0.900. The molecule has 0 radical (unpaired) electrons. The second kappa shape index (κ2) is 7.60. The smallest absolute Gasteiger partial charge is 0.409 e. The second-order valence-corrected chi connectivity index (χ2v) is 5.98. The van der Waals surface area contributed by atoms with Crippen LogP contribution >= 0.6 is 11.6 Å². The lowest BCUT2D eigenvalue weighted by atomic mass is 10.1. The van der Waals surface area contributed by atoms with E-state index in [-0.39, 0.29) is 23.2 Å². The molecule has 0 unspecified atom stereocenters. The zero-order valence-corrected chi connectivity index (χ0v) is 14.3. The second-order valence-electron chi connectivity index (χ2n) is 5.64. The molecule has 2 heterocycles. The first-order valence-electron chi connectivity index (χ1n) is 7.82. The number of hydrogen-bond donors (Lipinski definition) is 1. The predicted molar refractivity (Wildman–Crippen MR) is 90.9 cm³/mol. The van der Waals surface area contributed by atoms with E-state index in [9.17, 15) is 9.18 Å². The Morgan fingerprint density at radius 1 is 1.32 bits per heavy atom. The number of benzene rings is 1.